The van der Waals surface area contributed by atoms with Gasteiger partial charge < -0.3 is 29.2 Å². The molecule has 0 aliphatic heterocycles. The molecule has 0 heterocycles. The van der Waals surface area contributed by atoms with Gasteiger partial charge in [0.25, 0.3) is 0 Å². The van der Waals surface area contributed by atoms with Crippen molar-refractivity contribution in [3.63, 3.8) is 0 Å². The molecule has 0 aromatic heterocycles. The van der Waals surface area contributed by atoms with Gasteiger partial charge in [-0.25, -0.2) is 0 Å². The van der Waals surface area contributed by atoms with Crippen LogP contribution in [0.4, 0.5) is 0 Å². The number of hydrogen-bond donors (Lipinski definition) is 2. The average molecular weight is 605 g/mol. The summed E-state index contributed by atoms with van der Waals surface area (Å²) < 4.78 is 25.4. The van der Waals surface area contributed by atoms with Crippen molar-refractivity contribution in [3.05, 3.63) is 36.4 Å². The van der Waals surface area contributed by atoms with Crippen molar-refractivity contribution in [2.45, 2.75) is 105 Å². The Morgan fingerprint density at radius 2 is 0.591 bits per heavy atom. The van der Waals surface area contributed by atoms with Crippen LogP contribution in [0.25, 0.3) is 32.3 Å². The molecule has 0 bridgehead atoms. The minimum atomic E-state index is -0.157. The van der Waals surface area contributed by atoms with E-state index in [0.717, 1.165) is 121 Å². The summed E-state index contributed by atoms with van der Waals surface area (Å²) >= 11 is 0. The Morgan fingerprint density at radius 3 is 0.818 bits per heavy atom. The topological polar surface area (TPSA) is 77.4 Å². The molecule has 240 valence electrons. The molecule has 0 radical (unpaired) electrons. The van der Waals surface area contributed by atoms with E-state index in [9.17, 15) is 10.2 Å². The summed E-state index contributed by atoms with van der Waals surface area (Å²) in [4.78, 5) is 0. The van der Waals surface area contributed by atoms with Gasteiger partial charge in [0.1, 0.15) is 0 Å². The molecule has 6 heteroatoms. The van der Waals surface area contributed by atoms with Crippen LogP contribution in [0, 0.1) is 0 Å². The first-order chi connectivity index (χ1) is 21.5. The molecule has 0 atom stereocenters. The van der Waals surface area contributed by atoms with Gasteiger partial charge >= 0.3 is 0 Å². The molecule has 0 saturated heterocycles. The summed E-state index contributed by atoms with van der Waals surface area (Å²) in [6.07, 6.45) is 12.8. The smallest absolute Gasteiger partial charge is 0.161 e. The quantitative estimate of drug-likeness (QED) is 0.0594. The SMILES string of the molecule is CCCCCOc1cc2c3cc(O)c(O)cc3c3cc(OCCCCC)c(OCCCCC)cc3c2cc1OCCCCC. The number of fused-ring (bicyclic) bond motifs is 6. The lowest BCUT2D eigenvalue weighted by atomic mass is 9.93. The molecule has 0 aliphatic carbocycles. The van der Waals surface area contributed by atoms with E-state index in [-0.39, 0.29) is 11.5 Å². The maximum atomic E-state index is 10.6. The van der Waals surface area contributed by atoms with Gasteiger partial charge in [-0.1, -0.05) is 79.1 Å². The van der Waals surface area contributed by atoms with Crippen LogP contribution in [0.2, 0.25) is 0 Å². The largest absolute Gasteiger partial charge is 0.504 e. The summed E-state index contributed by atoms with van der Waals surface area (Å²) in [5, 5.41) is 26.6. The third-order valence-corrected chi connectivity index (χ3v) is 8.17. The highest BCUT2D eigenvalue weighted by Crippen LogP contribution is 2.46. The number of rotatable bonds is 20. The molecule has 0 saturated carbocycles. The molecule has 0 unspecified atom stereocenters. The first-order valence-corrected chi connectivity index (χ1v) is 17.0. The molecule has 6 nitrogen and oxygen atoms in total. The van der Waals surface area contributed by atoms with Crippen LogP contribution < -0.4 is 18.9 Å². The molecule has 44 heavy (non-hydrogen) atoms. The van der Waals surface area contributed by atoms with Gasteiger partial charge in [0.15, 0.2) is 34.5 Å². The summed E-state index contributed by atoms with van der Waals surface area (Å²) in [6, 6.07) is 11.5. The lowest BCUT2D eigenvalue weighted by Gasteiger charge is -2.19. The Morgan fingerprint density at radius 1 is 0.364 bits per heavy atom. The van der Waals surface area contributed by atoms with Gasteiger partial charge in [0.05, 0.1) is 26.4 Å². The summed E-state index contributed by atoms with van der Waals surface area (Å²) in [6.45, 7) is 11.2. The van der Waals surface area contributed by atoms with E-state index in [1.807, 2.05) is 12.1 Å². The highest BCUT2D eigenvalue weighted by Gasteiger charge is 2.19. The number of aromatic hydroxyl groups is 2. The second-order valence-electron chi connectivity index (χ2n) is 11.8. The maximum absolute atomic E-state index is 10.6. The highest BCUT2D eigenvalue weighted by molar-refractivity contribution is 6.26. The van der Waals surface area contributed by atoms with E-state index in [1.165, 1.54) is 0 Å². The van der Waals surface area contributed by atoms with Crippen molar-refractivity contribution in [1.29, 1.82) is 0 Å². The molecule has 4 aromatic rings. The van der Waals surface area contributed by atoms with Crippen molar-refractivity contribution in [3.8, 4) is 34.5 Å². The number of ether oxygens (including phenoxy) is 4. The first kappa shape index (κ1) is 33.4. The predicted octanol–water partition coefficient (Wildman–Crippen LogP) is 10.8. The van der Waals surface area contributed by atoms with Crippen molar-refractivity contribution in [2.75, 3.05) is 26.4 Å². The van der Waals surface area contributed by atoms with Crippen LogP contribution in [0.5, 0.6) is 34.5 Å². The lowest BCUT2D eigenvalue weighted by molar-refractivity contribution is 0.260. The first-order valence-electron chi connectivity index (χ1n) is 17.0. The molecular weight excluding hydrogens is 552 g/mol. The maximum Gasteiger partial charge on any atom is 0.161 e. The Labute approximate surface area is 263 Å². The molecule has 0 spiro atoms. The molecule has 0 amide bonds. The van der Waals surface area contributed by atoms with Crippen molar-refractivity contribution in [2.24, 2.45) is 0 Å². The summed E-state index contributed by atoms with van der Waals surface area (Å²) in [5.41, 5.74) is 0. The fraction of sp³-hybridized carbons (Fsp3) is 0.526. The third kappa shape index (κ3) is 8.34. The lowest BCUT2D eigenvalue weighted by Crippen LogP contribution is -2.04. The number of unbranched alkanes of at least 4 members (excludes halogenated alkanes) is 8. The van der Waals surface area contributed by atoms with Gasteiger partial charge in [0, 0.05) is 0 Å². The van der Waals surface area contributed by atoms with Crippen LogP contribution in [0.3, 0.4) is 0 Å². The molecule has 4 aromatic carbocycles. The molecule has 0 aliphatic rings. The number of phenolic OH excluding ortho intramolecular Hbond substituents is 2. The van der Waals surface area contributed by atoms with E-state index in [0.29, 0.717) is 37.9 Å². The van der Waals surface area contributed by atoms with E-state index >= 15 is 0 Å². The zero-order valence-corrected chi connectivity index (χ0v) is 27.3. The molecule has 0 fully saturated rings. The number of benzene rings is 4. The fourth-order valence-electron chi connectivity index (χ4n) is 5.62. The van der Waals surface area contributed by atoms with Crippen LogP contribution in [0.15, 0.2) is 36.4 Å². The standard InChI is InChI=1S/C38H52O6/c1-5-9-13-17-41-35-23-29-27-21-33(39)34(40)22-28(27)30-24-36(42-18-14-10-6-2)38(44-20-16-12-8-4)26-32(30)31(29)25-37(35)43-19-15-11-7-3/h21-26,39-40H,5-20H2,1-4H3. The minimum Gasteiger partial charge on any atom is -0.504 e. The van der Waals surface area contributed by atoms with Gasteiger partial charge in [-0.3, -0.25) is 0 Å². The van der Waals surface area contributed by atoms with Gasteiger partial charge in [0.2, 0.25) is 0 Å². The zero-order chi connectivity index (χ0) is 31.3. The van der Waals surface area contributed by atoms with Gasteiger partial charge in [-0.2, -0.15) is 0 Å². The van der Waals surface area contributed by atoms with E-state index in [1.54, 1.807) is 12.1 Å². The van der Waals surface area contributed by atoms with Crippen molar-refractivity contribution < 1.29 is 29.2 Å². The van der Waals surface area contributed by atoms with Gasteiger partial charge in [-0.15, -0.1) is 0 Å². The zero-order valence-electron chi connectivity index (χ0n) is 27.3. The van der Waals surface area contributed by atoms with Crippen molar-refractivity contribution in [1.82, 2.24) is 0 Å². The Hall–Kier alpha value is -3.54. The van der Waals surface area contributed by atoms with Crippen LogP contribution in [-0.2, 0) is 0 Å². The summed E-state index contributed by atoms with van der Waals surface area (Å²) in [5.74, 6) is 2.53. The fourth-order valence-corrected chi connectivity index (χ4v) is 5.62. The Bertz CT molecular complexity index is 1380. The number of hydrogen-bond acceptors (Lipinski definition) is 6. The average Bonchev–Trinajstić information content (AvgIpc) is 3.03. The second kappa shape index (κ2) is 17.1. The normalized spacial score (nSPS) is 11.5. The molecule has 2 N–H and O–H groups in total. The van der Waals surface area contributed by atoms with Gasteiger partial charge in [-0.05, 0) is 94.4 Å². The van der Waals surface area contributed by atoms with Crippen LogP contribution in [-0.4, -0.2) is 36.6 Å². The minimum absolute atomic E-state index is 0.157. The third-order valence-electron chi connectivity index (χ3n) is 8.17. The van der Waals surface area contributed by atoms with E-state index in [4.69, 9.17) is 18.9 Å². The van der Waals surface area contributed by atoms with E-state index in [2.05, 4.69) is 39.8 Å². The van der Waals surface area contributed by atoms with Crippen LogP contribution >= 0.6 is 0 Å². The van der Waals surface area contributed by atoms with Crippen LogP contribution in [0.1, 0.15) is 105 Å². The Kier molecular flexibility index (Phi) is 12.9. The summed E-state index contributed by atoms with van der Waals surface area (Å²) in [7, 11) is 0. The van der Waals surface area contributed by atoms with Crippen molar-refractivity contribution >= 4 is 32.3 Å². The molecular formula is C38H52O6. The number of phenols is 2. The second-order valence-corrected chi connectivity index (χ2v) is 11.8. The Balaban J connectivity index is 1.93. The predicted molar refractivity (Wildman–Crippen MR) is 182 cm³/mol. The van der Waals surface area contributed by atoms with E-state index < -0.39 is 0 Å². The monoisotopic (exact) mass is 604 g/mol. The molecule has 4 rings (SSSR count). The highest BCUT2D eigenvalue weighted by atomic mass is 16.5.